The van der Waals surface area contributed by atoms with E-state index in [9.17, 15) is 0 Å². The number of methoxy groups -OCH3 is 1. The Morgan fingerprint density at radius 3 is 2.87 bits per heavy atom. The molecular formula is C12H16O3. The van der Waals surface area contributed by atoms with Crippen LogP contribution in [0.1, 0.15) is 18.1 Å². The monoisotopic (exact) mass is 208 g/mol. The molecule has 1 heterocycles. The standard InChI is InChI=1S/C12H16O3/c1-13-8-7-12-14-9-11(15-12)10-5-3-2-4-6-10/h2-6,11-12H,7-9H2,1H3/t11-,12-/m0/s1. The summed E-state index contributed by atoms with van der Waals surface area (Å²) in [6, 6.07) is 10.2. The minimum Gasteiger partial charge on any atom is -0.384 e. The first-order chi connectivity index (χ1) is 7.40. The van der Waals surface area contributed by atoms with E-state index in [0.29, 0.717) is 13.2 Å². The Labute approximate surface area is 90.0 Å². The van der Waals surface area contributed by atoms with Crippen LogP contribution >= 0.6 is 0 Å². The average molecular weight is 208 g/mol. The highest BCUT2D eigenvalue weighted by Crippen LogP contribution is 2.27. The third-order valence-electron chi connectivity index (χ3n) is 2.48. The first kappa shape index (κ1) is 10.6. The van der Waals surface area contributed by atoms with Gasteiger partial charge >= 0.3 is 0 Å². The van der Waals surface area contributed by atoms with Crippen LogP contribution in [0, 0.1) is 0 Å². The Morgan fingerprint density at radius 1 is 1.33 bits per heavy atom. The topological polar surface area (TPSA) is 27.7 Å². The minimum absolute atomic E-state index is 0.0769. The van der Waals surface area contributed by atoms with Gasteiger partial charge in [0.25, 0.3) is 0 Å². The zero-order valence-electron chi connectivity index (χ0n) is 8.89. The maximum absolute atomic E-state index is 5.75. The van der Waals surface area contributed by atoms with Crippen LogP contribution in [0.2, 0.25) is 0 Å². The van der Waals surface area contributed by atoms with E-state index in [-0.39, 0.29) is 12.4 Å². The van der Waals surface area contributed by atoms with Crippen LogP contribution < -0.4 is 0 Å². The molecule has 1 aromatic rings. The molecule has 3 heteroatoms. The van der Waals surface area contributed by atoms with Crippen LogP contribution in [0.3, 0.4) is 0 Å². The SMILES string of the molecule is COCC[C@H]1OC[C@@H](c2ccccc2)O1. The highest BCUT2D eigenvalue weighted by atomic mass is 16.7. The molecule has 1 aliphatic heterocycles. The zero-order chi connectivity index (χ0) is 10.5. The van der Waals surface area contributed by atoms with Crippen molar-refractivity contribution in [2.75, 3.05) is 20.3 Å². The first-order valence-electron chi connectivity index (χ1n) is 5.21. The van der Waals surface area contributed by atoms with Gasteiger partial charge in [-0.2, -0.15) is 0 Å². The predicted molar refractivity (Wildman–Crippen MR) is 56.5 cm³/mol. The Kier molecular flexibility index (Phi) is 3.72. The molecule has 0 saturated carbocycles. The molecule has 2 atom stereocenters. The molecule has 1 aromatic carbocycles. The maximum atomic E-state index is 5.75. The van der Waals surface area contributed by atoms with Crippen molar-refractivity contribution in [2.24, 2.45) is 0 Å². The Bertz CT molecular complexity index is 286. The van der Waals surface area contributed by atoms with Crippen LogP contribution in [0.4, 0.5) is 0 Å². The van der Waals surface area contributed by atoms with E-state index in [1.165, 1.54) is 5.56 Å². The largest absolute Gasteiger partial charge is 0.384 e. The van der Waals surface area contributed by atoms with E-state index in [4.69, 9.17) is 14.2 Å². The first-order valence-corrected chi connectivity index (χ1v) is 5.21. The molecule has 0 aliphatic carbocycles. The molecule has 15 heavy (non-hydrogen) atoms. The van der Waals surface area contributed by atoms with Crippen LogP contribution in [-0.4, -0.2) is 26.6 Å². The van der Waals surface area contributed by atoms with Gasteiger partial charge in [-0.15, -0.1) is 0 Å². The average Bonchev–Trinajstić information content (AvgIpc) is 2.76. The molecule has 0 bridgehead atoms. The van der Waals surface area contributed by atoms with Crippen molar-refractivity contribution in [1.82, 2.24) is 0 Å². The summed E-state index contributed by atoms with van der Waals surface area (Å²) in [5, 5.41) is 0. The second kappa shape index (κ2) is 5.26. The molecule has 3 nitrogen and oxygen atoms in total. The van der Waals surface area contributed by atoms with Crippen molar-refractivity contribution in [1.29, 1.82) is 0 Å². The van der Waals surface area contributed by atoms with E-state index >= 15 is 0 Å². The second-order valence-electron chi connectivity index (χ2n) is 3.58. The second-order valence-corrected chi connectivity index (χ2v) is 3.58. The van der Waals surface area contributed by atoms with Crippen molar-refractivity contribution in [3.05, 3.63) is 35.9 Å². The summed E-state index contributed by atoms with van der Waals surface area (Å²) >= 11 is 0. The Hall–Kier alpha value is -0.900. The Balaban J connectivity index is 1.87. The lowest BCUT2D eigenvalue weighted by atomic mass is 10.1. The molecule has 82 valence electrons. The summed E-state index contributed by atoms with van der Waals surface area (Å²) in [6.45, 7) is 1.31. The van der Waals surface area contributed by atoms with Gasteiger partial charge in [-0.05, 0) is 5.56 Å². The van der Waals surface area contributed by atoms with E-state index in [2.05, 4.69) is 12.1 Å². The molecule has 0 aromatic heterocycles. The normalized spacial score (nSPS) is 25.7. The van der Waals surface area contributed by atoms with Gasteiger partial charge in [-0.25, -0.2) is 0 Å². The van der Waals surface area contributed by atoms with Gasteiger partial charge < -0.3 is 14.2 Å². The van der Waals surface area contributed by atoms with Crippen LogP contribution in [-0.2, 0) is 14.2 Å². The fraction of sp³-hybridized carbons (Fsp3) is 0.500. The number of benzene rings is 1. The van der Waals surface area contributed by atoms with E-state index < -0.39 is 0 Å². The van der Waals surface area contributed by atoms with E-state index in [0.717, 1.165) is 6.42 Å². The predicted octanol–water partition coefficient (Wildman–Crippen LogP) is 2.14. The van der Waals surface area contributed by atoms with Crippen molar-refractivity contribution < 1.29 is 14.2 Å². The van der Waals surface area contributed by atoms with Crippen molar-refractivity contribution in [3.8, 4) is 0 Å². The molecule has 1 aliphatic rings. The third kappa shape index (κ3) is 2.78. The molecule has 0 amide bonds. The highest BCUT2D eigenvalue weighted by molar-refractivity contribution is 5.18. The van der Waals surface area contributed by atoms with Crippen LogP contribution in [0.5, 0.6) is 0 Å². The molecule has 0 unspecified atom stereocenters. The Morgan fingerprint density at radius 2 is 2.13 bits per heavy atom. The molecule has 0 N–H and O–H groups in total. The third-order valence-corrected chi connectivity index (χ3v) is 2.48. The molecule has 1 fully saturated rings. The molecule has 0 spiro atoms. The molecular weight excluding hydrogens is 192 g/mol. The minimum atomic E-state index is -0.116. The lowest BCUT2D eigenvalue weighted by Gasteiger charge is -2.10. The fourth-order valence-electron chi connectivity index (χ4n) is 1.66. The van der Waals surface area contributed by atoms with Crippen LogP contribution in [0.15, 0.2) is 30.3 Å². The van der Waals surface area contributed by atoms with Gasteiger partial charge in [0.2, 0.25) is 0 Å². The number of rotatable bonds is 4. The maximum Gasteiger partial charge on any atom is 0.160 e. The summed E-state index contributed by atoms with van der Waals surface area (Å²) in [6.07, 6.45) is 0.753. The number of ether oxygens (including phenoxy) is 3. The lowest BCUT2D eigenvalue weighted by molar-refractivity contribution is -0.0727. The van der Waals surface area contributed by atoms with E-state index in [1.807, 2.05) is 18.2 Å². The van der Waals surface area contributed by atoms with Crippen molar-refractivity contribution >= 4 is 0 Å². The van der Waals surface area contributed by atoms with Crippen LogP contribution in [0.25, 0.3) is 0 Å². The van der Waals surface area contributed by atoms with E-state index in [1.54, 1.807) is 7.11 Å². The summed E-state index contributed by atoms with van der Waals surface area (Å²) in [7, 11) is 1.68. The van der Waals surface area contributed by atoms with Gasteiger partial charge in [0.1, 0.15) is 6.10 Å². The zero-order valence-corrected chi connectivity index (χ0v) is 8.89. The molecule has 0 radical (unpaired) electrons. The van der Waals surface area contributed by atoms with Gasteiger partial charge in [0.05, 0.1) is 13.2 Å². The molecule has 1 saturated heterocycles. The number of hydrogen-bond acceptors (Lipinski definition) is 3. The van der Waals surface area contributed by atoms with Gasteiger partial charge in [-0.1, -0.05) is 30.3 Å². The lowest BCUT2D eigenvalue weighted by Crippen LogP contribution is -2.10. The summed E-state index contributed by atoms with van der Waals surface area (Å²) in [4.78, 5) is 0. The highest BCUT2D eigenvalue weighted by Gasteiger charge is 2.26. The fourth-order valence-corrected chi connectivity index (χ4v) is 1.66. The number of hydrogen-bond donors (Lipinski definition) is 0. The summed E-state index contributed by atoms with van der Waals surface area (Å²) in [5.74, 6) is 0. The smallest absolute Gasteiger partial charge is 0.160 e. The summed E-state index contributed by atoms with van der Waals surface area (Å²) < 4.78 is 16.3. The van der Waals surface area contributed by atoms with Crippen molar-refractivity contribution in [2.45, 2.75) is 18.8 Å². The summed E-state index contributed by atoms with van der Waals surface area (Å²) in [5.41, 5.74) is 1.18. The van der Waals surface area contributed by atoms with Gasteiger partial charge in [0, 0.05) is 13.5 Å². The quantitative estimate of drug-likeness (QED) is 0.758. The molecule has 2 rings (SSSR count). The van der Waals surface area contributed by atoms with Gasteiger partial charge in [0.15, 0.2) is 6.29 Å². The van der Waals surface area contributed by atoms with Gasteiger partial charge in [-0.3, -0.25) is 0 Å². The van der Waals surface area contributed by atoms with Crippen molar-refractivity contribution in [3.63, 3.8) is 0 Å².